The number of sulfonamides is 1. The lowest BCUT2D eigenvalue weighted by Gasteiger charge is -2.40. The van der Waals surface area contributed by atoms with E-state index in [-0.39, 0.29) is 4.91 Å². The van der Waals surface area contributed by atoms with E-state index in [1.54, 1.807) is 18.2 Å². The molecule has 1 atom stereocenters. The molecule has 0 saturated carbocycles. The molecule has 0 bridgehead atoms. The third-order valence-electron chi connectivity index (χ3n) is 6.28. The fraction of sp³-hybridized carbons (Fsp3) is 0.308. The summed E-state index contributed by atoms with van der Waals surface area (Å²) in [6, 6.07) is 17.3. The quantitative estimate of drug-likeness (QED) is 0.547. The number of allylic oxidation sites excluding steroid dienone is 4. The zero-order valence-electron chi connectivity index (χ0n) is 18.5. The maximum Gasteiger partial charge on any atom is 0.259 e. The van der Waals surface area contributed by atoms with Gasteiger partial charge in [-0.1, -0.05) is 61.2 Å². The Bertz CT molecular complexity index is 1150. The summed E-state index contributed by atoms with van der Waals surface area (Å²) < 4.78 is 28.0. The van der Waals surface area contributed by atoms with E-state index in [0.29, 0.717) is 31.4 Å². The van der Waals surface area contributed by atoms with Crippen molar-refractivity contribution in [3.63, 3.8) is 0 Å². The summed E-state index contributed by atoms with van der Waals surface area (Å²) in [5, 5.41) is 10.5. The number of likely N-dealkylation sites (tertiary alicyclic amines) is 1. The van der Waals surface area contributed by atoms with Gasteiger partial charge in [0.1, 0.15) is 0 Å². The van der Waals surface area contributed by atoms with Crippen molar-refractivity contribution in [3.05, 3.63) is 95.4 Å². The molecule has 7 heteroatoms. The Morgan fingerprint density at radius 2 is 1.79 bits per heavy atom. The van der Waals surface area contributed by atoms with Gasteiger partial charge in [-0.3, -0.25) is 4.72 Å². The highest BCUT2D eigenvalue weighted by Gasteiger charge is 2.33. The number of rotatable bonds is 7. The minimum Gasteiger partial charge on any atom is -0.389 e. The molecule has 1 fully saturated rings. The number of aliphatic hydroxyl groups is 1. The second kappa shape index (κ2) is 9.75. The number of alkyl halides is 1. The molecule has 0 amide bonds. The monoisotopic (exact) mass is 484 g/mol. The summed E-state index contributed by atoms with van der Waals surface area (Å²) >= 11 is 6.18. The normalized spacial score (nSPS) is 20.2. The molecule has 1 aliphatic carbocycles. The maximum absolute atomic E-state index is 12.7. The summed E-state index contributed by atoms with van der Waals surface area (Å²) in [6.45, 7) is 5.67. The highest BCUT2D eigenvalue weighted by Crippen LogP contribution is 2.31. The number of benzene rings is 2. The Morgan fingerprint density at radius 1 is 1.12 bits per heavy atom. The predicted octanol–water partition coefficient (Wildman–Crippen LogP) is 4.92. The smallest absolute Gasteiger partial charge is 0.259 e. The summed E-state index contributed by atoms with van der Waals surface area (Å²) in [5.74, 6) is 0. The van der Waals surface area contributed by atoms with Crippen LogP contribution in [-0.2, 0) is 16.4 Å². The molecule has 1 unspecified atom stereocenters. The minimum absolute atomic E-state index is 0.177. The molecule has 1 aliphatic heterocycles. The van der Waals surface area contributed by atoms with Crippen LogP contribution in [-0.4, -0.2) is 42.5 Å². The lowest BCUT2D eigenvalue weighted by Crippen LogP contribution is -2.44. The summed E-state index contributed by atoms with van der Waals surface area (Å²) in [5.41, 5.74) is 2.70. The molecular weight excluding hydrogens is 456 g/mol. The second-order valence-corrected chi connectivity index (χ2v) is 10.9. The molecule has 4 rings (SSSR count). The van der Waals surface area contributed by atoms with Gasteiger partial charge in [-0.2, -0.15) is 0 Å². The summed E-state index contributed by atoms with van der Waals surface area (Å²) in [6.07, 6.45) is 7.57. The van der Waals surface area contributed by atoms with Gasteiger partial charge in [0, 0.05) is 30.9 Å². The van der Waals surface area contributed by atoms with Gasteiger partial charge < -0.3 is 10.0 Å². The van der Waals surface area contributed by atoms with E-state index < -0.39 is 21.0 Å². The van der Waals surface area contributed by atoms with Crippen molar-refractivity contribution in [1.29, 1.82) is 0 Å². The zero-order chi connectivity index (χ0) is 23.5. The van der Waals surface area contributed by atoms with Gasteiger partial charge in [0.25, 0.3) is 10.0 Å². The third-order valence-corrected chi connectivity index (χ3v) is 8.37. The molecule has 0 aromatic heterocycles. The molecule has 2 aliphatic rings. The van der Waals surface area contributed by atoms with Gasteiger partial charge in [0.2, 0.25) is 0 Å². The van der Waals surface area contributed by atoms with Crippen LogP contribution < -0.4 is 4.72 Å². The van der Waals surface area contributed by atoms with E-state index >= 15 is 0 Å². The first kappa shape index (κ1) is 23.6. The molecular formula is C26H29ClN2O3S. The molecule has 0 radical (unpaired) electrons. The zero-order valence-corrected chi connectivity index (χ0v) is 20.0. The van der Waals surface area contributed by atoms with E-state index in [1.807, 2.05) is 48.5 Å². The molecule has 2 aromatic carbocycles. The summed E-state index contributed by atoms with van der Waals surface area (Å²) in [4.78, 5) is 2.35. The first-order valence-electron chi connectivity index (χ1n) is 11.1. The second-order valence-electron chi connectivity index (χ2n) is 8.70. The third kappa shape index (κ3) is 5.69. The van der Waals surface area contributed by atoms with Crippen molar-refractivity contribution in [1.82, 2.24) is 4.90 Å². The molecule has 5 nitrogen and oxygen atoms in total. The number of nitrogens with zero attached hydrogens (tertiary/aromatic N) is 1. The largest absolute Gasteiger partial charge is 0.389 e. The van der Waals surface area contributed by atoms with Crippen LogP contribution in [0.15, 0.2) is 84.3 Å². The highest BCUT2D eigenvalue weighted by molar-refractivity contribution is 7.96. The standard InChI is InChI=1S/C26H29ClN2O3S/c1-20(29-17-15-26(30,16-18-29)19-21-7-3-2-4-8-21)22-11-13-23(14-12-22)28-33(31,32)25-10-6-5-9-24(25)27/h2-8,10-14,24,28,30H,1,9,15-19H2. The van der Waals surface area contributed by atoms with Crippen molar-refractivity contribution < 1.29 is 13.5 Å². The molecule has 2 aromatic rings. The fourth-order valence-corrected chi connectivity index (χ4v) is 6.09. The van der Waals surface area contributed by atoms with Crippen LogP contribution in [0, 0.1) is 0 Å². The summed E-state index contributed by atoms with van der Waals surface area (Å²) in [7, 11) is -3.71. The van der Waals surface area contributed by atoms with Gasteiger partial charge in [0.15, 0.2) is 0 Å². The first-order chi connectivity index (χ1) is 15.8. The Balaban J connectivity index is 1.36. The number of hydrogen-bond acceptors (Lipinski definition) is 4. The molecule has 1 heterocycles. The number of nitrogens with one attached hydrogen (secondary N) is 1. The lowest BCUT2D eigenvalue weighted by molar-refractivity contribution is -0.00867. The van der Waals surface area contributed by atoms with E-state index in [0.717, 1.165) is 29.9 Å². The molecule has 174 valence electrons. The van der Waals surface area contributed by atoms with E-state index in [4.69, 9.17) is 11.6 Å². The van der Waals surface area contributed by atoms with Crippen molar-refractivity contribution in [2.75, 3.05) is 17.8 Å². The maximum atomic E-state index is 12.7. The average Bonchev–Trinajstić information content (AvgIpc) is 2.80. The van der Waals surface area contributed by atoms with Crippen LogP contribution >= 0.6 is 11.6 Å². The van der Waals surface area contributed by atoms with Crippen LogP contribution in [0.25, 0.3) is 5.70 Å². The van der Waals surface area contributed by atoms with Gasteiger partial charge in [-0.15, -0.1) is 11.6 Å². The van der Waals surface area contributed by atoms with Gasteiger partial charge >= 0.3 is 0 Å². The molecule has 33 heavy (non-hydrogen) atoms. The fourth-order valence-electron chi connectivity index (χ4n) is 4.31. The number of piperidine rings is 1. The van der Waals surface area contributed by atoms with Crippen LogP contribution in [0.1, 0.15) is 30.4 Å². The van der Waals surface area contributed by atoms with Crippen LogP contribution in [0.5, 0.6) is 0 Å². The number of hydrogen-bond donors (Lipinski definition) is 2. The minimum atomic E-state index is -3.71. The molecule has 2 N–H and O–H groups in total. The Labute approximate surface area is 201 Å². The topological polar surface area (TPSA) is 69.6 Å². The highest BCUT2D eigenvalue weighted by atomic mass is 35.5. The van der Waals surface area contributed by atoms with Gasteiger partial charge in [0.05, 0.1) is 15.9 Å². The molecule has 0 spiro atoms. The Kier molecular flexibility index (Phi) is 6.98. The Morgan fingerprint density at radius 3 is 2.42 bits per heavy atom. The van der Waals surface area contributed by atoms with E-state index in [9.17, 15) is 13.5 Å². The van der Waals surface area contributed by atoms with E-state index in [2.05, 4.69) is 16.2 Å². The van der Waals surface area contributed by atoms with Crippen LogP contribution in [0.4, 0.5) is 5.69 Å². The van der Waals surface area contributed by atoms with Crippen molar-refractivity contribution in [2.24, 2.45) is 0 Å². The van der Waals surface area contributed by atoms with E-state index in [1.165, 1.54) is 6.08 Å². The first-order valence-corrected chi connectivity index (χ1v) is 13.0. The Hall–Kier alpha value is -2.54. The van der Waals surface area contributed by atoms with Crippen molar-refractivity contribution in [3.8, 4) is 0 Å². The number of anilines is 1. The van der Waals surface area contributed by atoms with Crippen molar-refractivity contribution in [2.45, 2.75) is 36.7 Å². The van der Waals surface area contributed by atoms with Crippen molar-refractivity contribution >= 4 is 33.0 Å². The van der Waals surface area contributed by atoms with Gasteiger partial charge in [-0.25, -0.2) is 8.42 Å². The van der Waals surface area contributed by atoms with Crippen LogP contribution in [0.2, 0.25) is 0 Å². The number of halogens is 1. The average molecular weight is 485 g/mol. The molecule has 1 saturated heterocycles. The van der Waals surface area contributed by atoms with Crippen LogP contribution in [0.3, 0.4) is 0 Å². The predicted molar refractivity (Wildman–Crippen MR) is 135 cm³/mol. The lowest BCUT2D eigenvalue weighted by atomic mass is 9.85. The van der Waals surface area contributed by atoms with Gasteiger partial charge in [-0.05, 0) is 48.6 Å². The SMILES string of the molecule is C=C(c1ccc(NS(=O)(=O)C2=CC=CCC2Cl)cc1)N1CCC(O)(Cc2ccccc2)CC1.